The number of aliphatic carboxylic acids is 1. The zero-order valence-electron chi connectivity index (χ0n) is 16.9. The van der Waals surface area contributed by atoms with Crippen molar-refractivity contribution in [1.82, 2.24) is 10.6 Å². The average Bonchev–Trinajstić information content (AvgIpc) is 2.29. The van der Waals surface area contributed by atoms with Crippen LogP contribution in [0.5, 0.6) is 0 Å². The Hall–Kier alpha value is -1.79. The summed E-state index contributed by atoms with van der Waals surface area (Å²) in [5.74, 6) is -1.65. The second-order valence-electron chi connectivity index (χ2n) is 9.61. The van der Waals surface area contributed by atoms with E-state index in [1.165, 1.54) is 0 Å². The fourth-order valence-electron chi connectivity index (χ4n) is 2.17. The Bertz CT molecular complexity index is 495. The van der Waals surface area contributed by atoms with Crippen molar-refractivity contribution in [3.63, 3.8) is 0 Å². The molecule has 0 aromatic rings. The standard InChI is InChI=1S/C18H34N2O5/c1-16(2,3)10-11(14(22)23)19-13(21)12(17(4,5)6)20-15(24)25-18(7,8)9/h11-12H,10H2,1-9H3,(H,19,21)(H,20,24)(H,22,23)/t11-,12+/m0/s1. The SMILES string of the molecule is CC(C)(C)C[C@H](NC(=O)[C@@H](NC(=O)OC(C)(C)C)C(C)(C)C)C(=O)O. The number of carbonyl (C=O) groups is 3. The summed E-state index contributed by atoms with van der Waals surface area (Å²) in [5, 5.41) is 14.5. The van der Waals surface area contributed by atoms with Crippen molar-refractivity contribution < 1.29 is 24.2 Å². The third-order valence-corrected chi connectivity index (χ3v) is 3.22. The lowest BCUT2D eigenvalue weighted by Gasteiger charge is -2.33. The van der Waals surface area contributed by atoms with Gasteiger partial charge < -0.3 is 20.5 Å². The second-order valence-corrected chi connectivity index (χ2v) is 9.61. The molecule has 25 heavy (non-hydrogen) atoms. The van der Waals surface area contributed by atoms with Crippen LogP contribution in [0.4, 0.5) is 4.79 Å². The van der Waals surface area contributed by atoms with Gasteiger partial charge in [-0.3, -0.25) is 4.79 Å². The molecule has 0 aromatic heterocycles. The van der Waals surface area contributed by atoms with E-state index in [0.717, 1.165) is 0 Å². The third-order valence-electron chi connectivity index (χ3n) is 3.22. The lowest BCUT2D eigenvalue weighted by Crippen LogP contribution is -2.57. The minimum Gasteiger partial charge on any atom is -0.480 e. The van der Waals surface area contributed by atoms with Crippen molar-refractivity contribution >= 4 is 18.0 Å². The molecule has 0 radical (unpaired) electrons. The van der Waals surface area contributed by atoms with Crippen LogP contribution < -0.4 is 10.6 Å². The summed E-state index contributed by atoms with van der Waals surface area (Å²) >= 11 is 0. The third kappa shape index (κ3) is 9.94. The molecular formula is C18H34N2O5. The van der Waals surface area contributed by atoms with E-state index >= 15 is 0 Å². The summed E-state index contributed by atoms with van der Waals surface area (Å²) in [6.07, 6.45) is -0.442. The van der Waals surface area contributed by atoms with Gasteiger partial charge in [0.2, 0.25) is 5.91 Å². The second kappa shape index (κ2) is 8.06. The summed E-state index contributed by atoms with van der Waals surface area (Å²) in [6, 6.07) is -1.96. The zero-order chi connectivity index (χ0) is 20.2. The quantitative estimate of drug-likeness (QED) is 0.701. The molecule has 0 saturated carbocycles. The van der Waals surface area contributed by atoms with Gasteiger partial charge in [0.15, 0.2) is 0 Å². The molecule has 3 N–H and O–H groups in total. The van der Waals surface area contributed by atoms with Crippen LogP contribution in [0.1, 0.15) is 68.7 Å². The molecule has 0 fully saturated rings. The summed E-state index contributed by atoms with van der Waals surface area (Å²) < 4.78 is 5.20. The van der Waals surface area contributed by atoms with Crippen molar-refractivity contribution in [2.45, 2.75) is 86.4 Å². The van der Waals surface area contributed by atoms with Crippen molar-refractivity contribution in [2.24, 2.45) is 10.8 Å². The predicted octanol–water partition coefficient (Wildman–Crippen LogP) is 2.93. The summed E-state index contributed by atoms with van der Waals surface area (Å²) in [5.41, 5.74) is -1.59. The lowest BCUT2D eigenvalue weighted by molar-refractivity contribution is -0.143. The van der Waals surface area contributed by atoms with Gasteiger partial charge in [-0.05, 0) is 38.0 Å². The van der Waals surface area contributed by atoms with E-state index in [9.17, 15) is 19.5 Å². The minimum absolute atomic E-state index is 0.272. The molecule has 2 amide bonds. The van der Waals surface area contributed by atoms with Crippen LogP contribution in [0.2, 0.25) is 0 Å². The maximum Gasteiger partial charge on any atom is 0.408 e. The molecule has 0 rings (SSSR count). The van der Waals surface area contributed by atoms with E-state index < -0.39 is 41.1 Å². The number of carbonyl (C=O) groups excluding carboxylic acids is 2. The number of nitrogens with one attached hydrogen (secondary N) is 2. The Labute approximate surface area is 150 Å². The Morgan fingerprint density at radius 3 is 1.72 bits per heavy atom. The number of carboxylic acids is 1. The van der Waals surface area contributed by atoms with Crippen LogP contribution >= 0.6 is 0 Å². The fraction of sp³-hybridized carbons (Fsp3) is 0.833. The zero-order valence-corrected chi connectivity index (χ0v) is 16.9. The van der Waals surface area contributed by atoms with Gasteiger partial charge in [0.25, 0.3) is 0 Å². The number of hydrogen-bond acceptors (Lipinski definition) is 4. The van der Waals surface area contributed by atoms with Gasteiger partial charge in [-0.25, -0.2) is 9.59 Å². The van der Waals surface area contributed by atoms with Crippen LogP contribution in [0, 0.1) is 10.8 Å². The van der Waals surface area contributed by atoms with Crippen molar-refractivity contribution in [2.75, 3.05) is 0 Å². The molecule has 0 aliphatic carbocycles. The topological polar surface area (TPSA) is 105 Å². The summed E-state index contributed by atoms with van der Waals surface area (Å²) in [4.78, 5) is 36.2. The first-order valence-electron chi connectivity index (χ1n) is 8.45. The first-order chi connectivity index (χ1) is 10.9. The number of ether oxygens (including phenoxy) is 1. The monoisotopic (exact) mass is 358 g/mol. The summed E-state index contributed by atoms with van der Waals surface area (Å²) in [6.45, 7) is 16.2. The van der Waals surface area contributed by atoms with E-state index in [0.29, 0.717) is 0 Å². The normalized spacial score (nSPS) is 15.1. The van der Waals surface area contributed by atoms with Gasteiger partial charge >= 0.3 is 12.1 Å². The first-order valence-corrected chi connectivity index (χ1v) is 8.45. The van der Waals surface area contributed by atoms with Gasteiger partial charge in [-0.15, -0.1) is 0 Å². The molecule has 0 aliphatic rings. The summed E-state index contributed by atoms with van der Waals surface area (Å²) in [7, 11) is 0. The number of hydrogen-bond donors (Lipinski definition) is 3. The van der Waals surface area contributed by atoms with E-state index in [4.69, 9.17) is 4.74 Å². The highest BCUT2D eigenvalue weighted by atomic mass is 16.6. The highest BCUT2D eigenvalue weighted by Gasteiger charge is 2.36. The van der Waals surface area contributed by atoms with Crippen LogP contribution in [0.15, 0.2) is 0 Å². The Morgan fingerprint density at radius 1 is 0.920 bits per heavy atom. The molecule has 7 nitrogen and oxygen atoms in total. The van der Waals surface area contributed by atoms with Gasteiger partial charge in [0.1, 0.15) is 17.7 Å². The molecule has 7 heteroatoms. The highest BCUT2D eigenvalue weighted by molar-refractivity contribution is 5.89. The largest absolute Gasteiger partial charge is 0.480 e. The van der Waals surface area contributed by atoms with Gasteiger partial charge in [0, 0.05) is 0 Å². The molecule has 2 atom stereocenters. The molecular weight excluding hydrogens is 324 g/mol. The van der Waals surface area contributed by atoms with Crippen molar-refractivity contribution in [3.8, 4) is 0 Å². The van der Waals surface area contributed by atoms with Crippen molar-refractivity contribution in [1.29, 1.82) is 0 Å². The van der Waals surface area contributed by atoms with Gasteiger partial charge in [0.05, 0.1) is 0 Å². The maximum atomic E-state index is 12.6. The number of alkyl carbamates (subject to hydrolysis) is 1. The van der Waals surface area contributed by atoms with Crippen LogP contribution in [-0.4, -0.2) is 40.8 Å². The number of amides is 2. The molecule has 0 bridgehead atoms. The molecule has 0 spiro atoms. The van der Waals surface area contributed by atoms with Gasteiger partial charge in [-0.1, -0.05) is 41.5 Å². The van der Waals surface area contributed by atoms with Crippen molar-refractivity contribution in [3.05, 3.63) is 0 Å². The van der Waals surface area contributed by atoms with E-state index in [1.54, 1.807) is 41.5 Å². The fourth-order valence-corrected chi connectivity index (χ4v) is 2.17. The average molecular weight is 358 g/mol. The van der Waals surface area contributed by atoms with E-state index in [1.807, 2.05) is 20.8 Å². The highest BCUT2D eigenvalue weighted by Crippen LogP contribution is 2.23. The van der Waals surface area contributed by atoms with E-state index in [2.05, 4.69) is 10.6 Å². The predicted molar refractivity (Wildman–Crippen MR) is 96.3 cm³/mol. The number of carboxylic acid groups (broad SMARTS) is 1. The molecule has 0 unspecified atom stereocenters. The maximum absolute atomic E-state index is 12.6. The lowest BCUT2D eigenvalue weighted by atomic mass is 9.85. The first kappa shape index (κ1) is 23.2. The molecule has 0 heterocycles. The molecule has 0 saturated heterocycles. The molecule has 0 aliphatic heterocycles. The Kier molecular flexibility index (Phi) is 7.48. The van der Waals surface area contributed by atoms with E-state index in [-0.39, 0.29) is 11.8 Å². The van der Waals surface area contributed by atoms with Crippen LogP contribution in [0.25, 0.3) is 0 Å². The smallest absolute Gasteiger partial charge is 0.408 e. The molecule has 0 aromatic carbocycles. The van der Waals surface area contributed by atoms with Gasteiger partial charge in [-0.2, -0.15) is 0 Å². The number of rotatable bonds is 5. The molecule has 146 valence electrons. The Morgan fingerprint density at radius 2 is 1.40 bits per heavy atom. The van der Waals surface area contributed by atoms with Crippen LogP contribution in [0.3, 0.4) is 0 Å². The van der Waals surface area contributed by atoms with Crippen LogP contribution in [-0.2, 0) is 14.3 Å². The minimum atomic E-state index is -1.10. The Balaban J connectivity index is 5.24.